The molecule has 0 saturated heterocycles. The maximum absolute atomic E-state index is 5.61. The van der Waals surface area contributed by atoms with E-state index in [9.17, 15) is 0 Å². The molecular formula is C16H28N2. The molecule has 0 amide bonds. The minimum absolute atomic E-state index is 0.534. The third-order valence-electron chi connectivity index (χ3n) is 3.19. The minimum atomic E-state index is 0.534. The average molecular weight is 248 g/mol. The first-order valence-corrected chi connectivity index (χ1v) is 7.02. The summed E-state index contributed by atoms with van der Waals surface area (Å²) in [7, 11) is 0. The molecule has 1 rings (SSSR count). The Bertz CT molecular complexity index is 369. The first-order chi connectivity index (χ1) is 8.45. The van der Waals surface area contributed by atoms with Gasteiger partial charge in [-0.1, -0.05) is 26.0 Å². The molecule has 0 radical (unpaired) electrons. The normalized spacial score (nSPS) is 11.3. The van der Waals surface area contributed by atoms with Gasteiger partial charge in [-0.05, 0) is 56.8 Å². The third kappa shape index (κ3) is 4.02. The van der Waals surface area contributed by atoms with Gasteiger partial charge in [-0.15, -0.1) is 0 Å². The maximum atomic E-state index is 5.61. The minimum Gasteiger partial charge on any atom is -0.369 e. The van der Waals surface area contributed by atoms with E-state index in [-0.39, 0.29) is 0 Å². The summed E-state index contributed by atoms with van der Waals surface area (Å²) < 4.78 is 0. The Morgan fingerprint density at radius 3 is 2.28 bits per heavy atom. The molecule has 2 nitrogen and oxygen atoms in total. The van der Waals surface area contributed by atoms with Gasteiger partial charge >= 0.3 is 0 Å². The van der Waals surface area contributed by atoms with Gasteiger partial charge in [0.15, 0.2) is 0 Å². The maximum Gasteiger partial charge on any atom is 0.0398 e. The summed E-state index contributed by atoms with van der Waals surface area (Å²) in [6, 6.07) is 7.28. The first-order valence-electron chi connectivity index (χ1n) is 7.02. The van der Waals surface area contributed by atoms with Crippen LogP contribution in [0.25, 0.3) is 0 Å². The van der Waals surface area contributed by atoms with Crippen molar-refractivity contribution in [2.45, 2.75) is 47.1 Å². The molecule has 1 aromatic rings. The van der Waals surface area contributed by atoms with Gasteiger partial charge in [0.25, 0.3) is 0 Å². The zero-order valence-electron chi connectivity index (χ0n) is 12.5. The quantitative estimate of drug-likeness (QED) is 0.836. The summed E-state index contributed by atoms with van der Waals surface area (Å²) in [5.41, 5.74) is 9.67. The Balaban J connectivity index is 2.98. The number of aryl methyl sites for hydroxylation is 1. The predicted molar refractivity (Wildman–Crippen MR) is 81.3 cm³/mol. The van der Waals surface area contributed by atoms with Crippen LogP contribution in [0.2, 0.25) is 0 Å². The molecule has 0 bridgehead atoms. The molecule has 102 valence electrons. The second-order valence-corrected chi connectivity index (χ2v) is 5.80. The summed E-state index contributed by atoms with van der Waals surface area (Å²) in [5.74, 6) is 0.676. The third-order valence-corrected chi connectivity index (χ3v) is 3.19. The van der Waals surface area contributed by atoms with Crippen LogP contribution in [0.5, 0.6) is 0 Å². The number of hydrogen-bond acceptors (Lipinski definition) is 2. The van der Waals surface area contributed by atoms with Gasteiger partial charge in [-0.25, -0.2) is 0 Å². The van der Waals surface area contributed by atoms with E-state index >= 15 is 0 Å². The molecular weight excluding hydrogens is 220 g/mol. The van der Waals surface area contributed by atoms with Gasteiger partial charge in [-0.2, -0.15) is 0 Å². The zero-order chi connectivity index (χ0) is 13.7. The van der Waals surface area contributed by atoms with E-state index < -0.39 is 0 Å². The van der Waals surface area contributed by atoms with Crippen molar-refractivity contribution in [1.82, 2.24) is 0 Å². The Morgan fingerprint density at radius 2 is 1.83 bits per heavy atom. The number of rotatable bonds is 6. The van der Waals surface area contributed by atoms with Crippen LogP contribution in [-0.2, 0) is 6.42 Å². The molecule has 0 unspecified atom stereocenters. The molecule has 2 N–H and O–H groups in total. The molecule has 0 saturated carbocycles. The van der Waals surface area contributed by atoms with Gasteiger partial charge < -0.3 is 10.6 Å². The standard InChI is InChI=1S/C16H28N2/c1-12(2)11-18(13(3)4)16-7-6-15(8-9-17)10-14(16)5/h6-7,10,12-13H,8-9,11,17H2,1-5H3. The molecule has 0 aliphatic carbocycles. The van der Waals surface area contributed by atoms with Crippen molar-refractivity contribution in [3.05, 3.63) is 29.3 Å². The number of nitrogens with two attached hydrogens (primary N) is 1. The van der Waals surface area contributed by atoms with Gasteiger partial charge in [0.05, 0.1) is 0 Å². The van der Waals surface area contributed by atoms with Gasteiger partial charge in [0.1, 0.15) is 0 Å². The monoisotopic (exact) mass is 248 g/mol. The molecule has 0 atom stereocenters. The second-order valence-electron chi connectivity index (χ2n) is 5.80. The summed E-state index contributed by atoms with van der Waals surface area (Å²) in [6.07, 6.45) is 0.965. The Kier molecular flexibility index (Phi) is 5.67. The van der Waals surface area contributed by atoms with Crippen LogP contribution in [0.1, 0.15) is 38.8 Å². The van der Waals surface area contributed by atoms with Crippen LogP contribution in [0.4, 0.5) is 5.69 Å². The molecule has 0 aliphatic rings. The number of anilines is 1. The lowest BCUT2D eigenvalue weighted by Crippen LogP contribution is -2.34. The van der Waals surface area contributed by atoms with Gasteiger partial charge in [0.2, 0.25) is 0 Å². The zero-order valence-corrected chi connectivity index (χ0v) is 12.5. The van der Waals surface area contributed by atoms with E-state index in [4.69, 9.17) is 5.73 Å². The van der Waals surface area contributed by atoms with Gasteiger partial charge in [0, 0.05) is 18.3 Å². The van der Waals surface area contributed by atoms with Crippen molar-refractivity contribution in [3.63, 3.8) is 0 Å². The van der Waals surface area contributed by atoms with Crippen LogP contribution < -0.4 is 10.6 Å². The molecule has 2 heteroatoms. The highest BCUT2D eigenvalue weighted by molar-refractivity contribution is 5.55. The fourth-order valence-corrected chi connectivity index (χ4v) is 2.34. The predicted octanol–water partition coefficient (Wildman–Crippen LogP) is 3.37. The first kappa shape index (κ1) is 15.0. The second kappa shape index (κ2) is 6.79. The lowest BCUT2D eigenvalue weighted by atomic mass is 10.0. The van der Waals surface area contributed by atoms with E-state index in [0.717, 1.165) is 19.5 Å². The Morgan fingerprint density at radius 1 is 1.17 bits per heavy atom. The van der Waals surface area contributed by atoms with E-state index in [1.807, 2.05) is 0 Å². The molecule has 1 aromatic carbocycles. The molecule has 0 fully saturated rings. The highest BCUT2D eigenvalue weighted by Crippen LogP contribution is 2.24. The largest absolute Gasteiger partial charge is 0.369 e. The fourth-order valence-electron chi connectivity index (χ4n) is 2.34. The van der Waals surface area contributed by atoms with Crippen LogP contribution in [-0.4, -0.2) is 19.1 Å². The van der Waals surface area contributed by atoms with Crippen LogP contribution in [0.3, 0.4) is 0 Å². The lowest BCUT2D eigenvalue weighted by molar-refractivity contribution is 0.570. The van der Waals surface area contributed by atoms with Crippen molar-refractivity contribution in [3.8, 4) is 0 Å². The van der Waals surface area contributed by atoms with Crippen LogP contribution in [0, 0.1) is 12.8 Å². The summed E-state index contributed by atoms with van der Waals surface area (Å²) in [5, 5.41) is 0. The average Bonchev–Trinajstić information content (AvgIpc) is 2.26. The van der Waals surface area contributed by atoms with E-state index in [0.29, 0.717) is 12.0 Å². The highest BCUT2D eigenvalue weighted by atomic mass is 15.2. The number of benzene rings is 1. The van der Waals surface area contributed by atoms with Crippen molar-refractivity contribution < 1.29 is 0 Å². The topological polar surface area (TPSA) is 29.3 Å². The van der Waals surface area contributed by atoms with E-state index in [2.05, 4.69) is 57.7 Å². The van der Waals surface area contributed by atoms with Gasteiger partial charge in [-0.3, -0.25) is 0 Å². The van der Waals surface area contributed by atoms with Crippen molar-refractivity contribution in [1.29, 1.82) is 0 Å². The molecule has 0 aliphatic heterocycles. The molecule has 0 spiro atoms. The molecule has 0 heterocycles. The summed E-state index contributed by atoms with van der Waals surface area (Å²) >= 11 is 0. The van der Waals surface area contributed by atoms with Crippen molar-refractivity contribution in [2.24, 2.45) is 11.7 Å². The summed E-state index contributed by atoms with van der Waals surface area (Å²) in [6.45, 7) is 13.1. The van der Waals surface area contributed by atoms with E-state index in [1.54, 1.807) is 0 Å². The van der Waals surface area contributed by atoms with Crippen molar-refractivity contribution >= 4 is 5.69 Å². The molecule has 0 aromatic heterocycles. The smallest absolute Gasteiger partial charge is 0.0398 e. The van der Waals surface area contributed by atoms with Crippen molar-refractivity contribution in [2.75, 3.05) is 18.0 Å². The molecule has 18 heavy (non-hydrogen) atoms. The number of hydrogen-bond donors (Lipinski definition) is 1. The highest BCUT2D eigenvalue weighted by Gasteiger charge is 2.14. The van der Waals surface area contributed by atoms with Crippen LogP contribution >= 0.6 is 0 Å². The Labute approximate surface area is 112 Å². The summed E-state index contributed by atoms with van der Waals surface area (Å²) in [4.78, 5) is 2.49. The number of nitrogens with zero attached hydrogens (tertiary/aromatic N) is 1. The Hall–Kier alpha value is -1.02. The van der Waals surface area contributed by atoms with E-state index in [1.165, 1.54) is 16.8 Å². The fraction of sp³-hybridized carbons (Fsp3) is 0.625. The van der Waals surface area contributed by atoms with Crippen LogP contribution in [0.15, 0.2) is 18.2 Å². The lowest BCUT2D eigenvalue weighted by Gasteiger charge is -2.32. The SMILES string of the molecule is Cc1cc(CCN)ccc1N(CC(C)C)C(C)C.